The lowest BCUT2D eigenvalue weighted by molar-refractivity contribution is 0.0921. The number of nitrogens with one attached hydrogen (secondary N) is 1. The third-order valence-electron chi connectivity index (χ3n) is 3.08. The molecule has 0 aliphatic heterocycles. The second kappa shape index (κ2) is 6.78. The molecular formula is C15H17N3OS2. The Kier molecular flexibility index (Phi) is 5.03. The molecule has 1 atom stereocenters. The highest BCUT2D eigenvalue weighted by atomic mass is 32.1. The van der Waals surface area contributed by atoms with Gasteiger partial charge in [-0.2, -0.15) is 0 Å². The van der Waals surface area contributed by atoms with Gasteiger partial charge in [0.1, 0.15) is 10.7 Å². The van der Waals surface area contributed by atoms with Gasteiger partial charge in [-0.3, -0.25) is 9.78 Å². The molecule has 3 N–H and O–H groups in total. The largest absolute Gasteiger partial charge is 0.389 e. The van der Waals surface area contributed by atoms with Crippen LogP contribution in [0.4, 0.5) is 0 Å². The van der Waals surface area contributed by atoms with E-state index in [1.807, 2.05) is 17.5 Å². The molecule has 0 saturated carbocycles. The Morgan fingerprint density at radius 3 is 2.62 bits per heavy atom. The van der Waals surface area contributed by atoms with Gasteiger partial charge in [-0.25, -0.2) is 0 Å². The number of rotatable bonds is 5. The van der Waals surface area contributed by atoms with Crippen molar-refractivity contribution in [3.05, 3.63) is 52.0 Å². The van der Waals surface area contributed by atoms with Crippen molar-refractivity contribution < 1.29 is 4.79 Å². The minimum Gasteiger partial charge on any atom is -0.389 e. The van der Waals surface area contributed by atoms with Gasteiger partial charge in [-0.15, -0.1) is 11.3 Å². The zero-order chi connectivity index (χ0) is 15.4. The van der Waals surface area contributed by atoms with Crippen molar-refractivity contribution >= 4 is 34.5 Å². The minimum atomic E-state index is -0.198. The van der Waals surface area contributed by atoms with Crippen molar-refractivity contribution in [1.29, 1.82) is 0 Å². The van der Waals surface area contributed by atoms with Crippen LogP contribution in [0.5, 0.6) is 0 Å². The van der Waals surface area contributed by atoms with Crippen LogP contribution in [0, 0.1) is 5.92 Å². The number of nitrogens with zero attached hydrogens (tertiary/aromatic N) is 1. The molecule has 0 bridgehead atoms. The molecule has 110 valence electrons. The average Bonchev–Trinajstić information content (AvgIpc) is 2.98. The highest BCUT2D eigenvalue weighted by Gasteiger charge is 2.20. The van der Waals surface area contributed by atoms with Crippen LogP contribution < -0.4 is 11.1 Å². The second-order valence-corrected chi connectivity index (χ2v) is 6.43. The number of thiophene rings is 1. The zero-order valence-electron chi connectivity index (χ0n) is 11.9. The highest BCUT2D eigenvalue weighted by Crippen LogP contribution is 2.26. The van der Waals surface area contributed by atoms with Crippen molar-refractivity contribution in [3.63, 3.8) is 0 Å². The Hall–Kier alpha value is -1.79. The first-order chi connectivity index (χ1) is 9.99. The molecule has 2 aromatic heterocycles. The van der Waals surface area contributed by atoms with Crippen molar-refractivity contribution in [3.8, 4) is 0 Å². The molecule has 0 aromatic carbocycles. The van der Waals surface area contributed by atoms with Crippen LogP contribution in [-0.4, -0.2) is 15.9 Å². The quantitative estimate of drug-likeness (QED) is 0.832. The highest BCUT2D eigenvalue weighted by molar-refractivity contribution is 7.80. The Morgan fingerprint density at radius 1 is 1.38 bits per heavy atom. The number of nitrogens with two attached hydrogens (primary N) is 1. The lowest BCUT2D eigenvalue weighted by Crippen LogP contribution is -2.31. The first-order valence-electron chi connectivity index (χ1n) is 6.59. The molecule has 6 heteroatoms. The number of carbonyl (C=O) groups is 1. The van der Waals surface area contributed by atoms with Crippen LogP contribution >= 0.6 is 23.6 Å². The summed E-state index contributed by atoms with van der Waals surface area (Å²) in [5.74, 6) is 0.0973. The number of amides is 1. The van der Waals surface area contributed by atoms with Crippen LogP contribution in [0.2, 0.25) is 0 Å². The fourth-order valence-electron chi connectivity index (χ4n) is 1.92. The number of hydrogen-bond acceptors (Lipinski definition) is 4. The summed E-state index contributed by atoms with van der Waals surface area (Å²) in [7, 11) is 0. The molecule has 21 heavy (non-hydrogen) atoms. The maximum Gasteiger partial charge on any atom is 0.270 e. The summed E-state index contributed by atoms with van der Waals surface area (Å²) in [5, 5.41) is 5.03. The summed E-state index contributed by atoms with van der Waals surface area (Å²) in [6, 6.07) is 7.33. The van der Waals surface area contributed by atoms with E-state index in [0.717, 1.165) is 4.88 Å². The van der Waals surface area contributed by atoms with E-state index in [-0.39, 0.29) is 16.9 Å². The van der Waals surface area contributed by atoms with Gasteiger partial charge in [0.25, 0.3) is 5.91 Å². The summed E-state index contributed by atoms with van der Waals surface area (Å²) in [5.41, 5.74) is 6.53. The molecule has 4 nitrogen and oxygen atoms in total. The van der Waals surface area contributed by atoms with Gasteiger partial charge in [0.15, 0.2) is 0 Å². The summed E-state index contributed by atoms with van der Waals surface area (Å²) >= 11 is 6.50. The molecule has 2 aromatic rings. The molecule has 0 aliphatic carbocycles. The maximum atomic E-state index is 12.3. The number of aromatic nitrogens is 1. The molecule has 1 amide bonds. The van der Waals surface area contributed by atoms with E-state index in [1.165, 1.54) is 6.20 Å². The van der Waals surface area contributed by atoms with E-state index in [4.69, 9.17) is 18.0 Å². The number of pyridine rings is 1. The van der Waals surface area contributed by atoms with E-state index in [0.29, 0.717) is 17.2 Å². The lowest BCUT2D eigenvalue weighted by Gasteiger charge is -2.21. The van der Waals surface area contributed by atoms with E-state index in [2.05, 4.69) is 24.1 Å². The summed E-state index contributed by atoms with van der Waals surface area (Å²) in [6.45, 7) is 4.15. The summed E-state index contributed by atoms with van der Waals surface area (Å²) < 4.78 is 0. The zero-order valence-corrected chi connectivity index (χ0v) is 13.5. The third-order valence-corrected chi connectivity index (χ3v) is 4.27. The normalized spacial score (nSPS) is 12.1. The fraction of sp³-hybridized carbons (Fsp3) is 0.267. The van der Waals surface area contributed by atoms with E-state index in [1.54, 1.807) is 23.5 Å². The van der Waals surface area contributed by atoms with Crippen LogP contribution in [0.25, 0.3) is 0 Å². The first-order valence-corrected chi connectivity index (χ1v) is 7.88. The predicted molar refractivity (Wildman–Crippen MR) is 89.5 cm³/mol. The molecule has 0 spiro atoms. The molecule has 1 unspecified atom stereocenters. The average molecular weight is 319 g/mol. The predicted octanol–water partition coefficient (Wildman–Crippen LogP) is 2.90. The van der Waals surface area contributed by atoms with Gasteiger partial charge >= 0.3 is 0 Å². The van der Waals surface area contributed by atoms with E-state index in [9.17, 15) is 4.79 Å². The van der Waals surface area contributed by atoms with Gasteiger partial charge in [0.2, 0.25) is 0 Å². The van der Waals surface area contributed by atoms with Gasteiger partial charge in [0, 0.05) is 16.6 Å². The van der Waals surface area contributed by atoms with Crippen LogP contribution in [0.1, 0.15) is 40.8 Å². The molecule has 2 heterocycles. The van der Waals surface area contributed by atoms with Crippen molar-refractivity contribution in [2.24, 2.45) is 11.7 Å². The van der Waals surface area contributed by atoms with E-state index >= 15 is 0 Å². The topological polar surface area (TPSA) is 68.0 Å². The SMILES string of the molecule is CC(C)C(NC(=O)c1ccc(C(N)=S)cn1)c1cccs1. The first kappa shape index (κ1) is 15.6. The van der Waals surface area contributed by atoms with Gasteiger partial charge < -0.3 is 11.1 Å². The minimum absolute atomic E-state index is 0.0189. The molecule has 2 rings (SSSR count). The number of hydrogen-bond donors (Lipinski definition) is 2. The second-order valence-electron chi connectivity index (χ2n) is 5.01. The smallest absolute Gasteiger partial charge is 0.270 e. The number of thiocarbonyl (C=S) groups is 1. The van der Waals surface area contributed by atoms with Gasteiger partial charge in [-0.05, 0) is 29.5 Å². The lowest BCUT2D eigenvalue weighted by atomic mass is 10.0. The molecular weight excluding hydrogens is 302 g/mol. The molecule has 0 saturated heterocycles. The maximum absolute atomic E-state index is 12.3. The van der Waals surface area contributed by atoms with Crippen LogP contribution in [-0.2, 0) is 0 Å². The fourth-order valence-corrected chi connectivity index (χ4v) is 2.99. The Bertz CT molecular complexity index is 621. The Labute approximate surface area is 133 Å². The third kappa shape index (κ3) is 3.86. The molecule has 0 aliphatic rings. The van der Waals surface area contributed by atoms with Gasteiger partial charge in [0.05, 0.1) is 6.04 Å². The number of carbonyl (C=O) groups excluding carboxylic acids is 1. The summed E-state index contributed by atoms with van der Waals surface area (Å²) in [4.78, 5) is 17.8. The Balaban J connectivity index is 2.14. The van der Waals surface area contributed by atoms with Crippen molar-refractivity contribution in [1.82, 2.24) is 10.3 Å². The summed E-state index contributed by atoms with van der Waals surface area (Å²) in [6.07, 6.45) is 1.52. The van der Waals surface area contributed by atoms with Gasteiger partial charge in [-0.1, -0.05) is 32.1 Å². The van der Waals surface area contributed by atoms with Crippen LogP contribution in [0.15, 0.2) is 35.8 Å². The van der Waals surface area contributed by atoms with Crippen molar-refractivity contribution in [2.75, 3.05) is 0 Å². The monoisotopic (exact) mass is 319 g/mol. The van der Waals surface area contributed by atoms with Crippen molar-refractivity contribution in [2.45, 2.75) is 19.9 Å². The molecule has 0 radical (unpaired) electrons. The Morgan fingerprint density at radius 2 is 2.14 bits per heavy atom. The molecule has 0 fully saturated rings. The van der Waals surface area contributed by atoms with Crippen LogP contribution in [0.3, 0.4) is 0 Å². The standard InChI is InChI=1S/C15H17N3OS2/c1-9(2)13(12-4-3-7-21-12)18-15(19)11-6-5-10(8-17-11)14(16)20/h3-9,13H,1-2H3,(H2,16,20)(H,18,19). The van der Waals surface area contributed by atoms with E-state index < -0.39 is 0 Å².